The van der Waals surface area contributed by atoms with E-state index in [4.69, 9.17) is 9.72 Å². The maximum Gasteiger partial charge on any atom is 0.410 e. The van der Waals surface area contributed by atoms with Crippen LogP contribution >= 0.6 is 0 Å². The second-order valence-electron chi connectivity index (χ2n) is 6.56. The van der Waals surface area contributed by atoms with Crippen LogP contribution in [0, 0.1) is 0 Å². The number of nitrogens with one attached hydrogen (secondary N) is 1. The van der Waals surface area contributed by atoms with Gasteiger partial charge in [0.25, 0.3) is 0 Å². The Kier molecular flexibility index (Phi) is 6.04. The van der Waals surface area contributed by atoms with Crippen molar-refractivity contribution in [1.29, 1.82) is 0 Å². The minimum absolute atomic E-state index is 0.0572. The Labute approximate surface area is 148 Å². The third-order valence-corrected chi connectivity index (χ3v) is 4.66. The molecule has 25 heavy (non-hydrogen) atoms. The Hall–Kier alpha value is -1.93. The summed E-state index contributed by atoms with van der Waals surface area (Å²) in [7, 11) is 0. The van der Waals surface area contributed by atoms with Crippen molar-refractivity contribution in [3.8, 4) is 0 Å². The summed E-state index contributed by atoms with van der Waals surface area (Å²) < 4.78 is 5.29. The lowest BCUT2D eigenvalue weighted by molar-refractivity contribution is 0.0963. The number of carbonyl (C=O) groups excluding carboxylic acids is 1. The van der Waals surface area contributed by atoms with Crippen LogP contribution in [0.2, 0.25) is 0 Å². The first-order valence-electron chi connectivity index (χ1n) is 9.07. The lowest BCUT2D eigenvalue weighted by Crippen LogP contribution is -2.53. The van der Waals surface area contributed by atoms with Gasteiger partial charge in [-0.25, -0.2) is 14.8 Å². The number of rotatable bonds is 5. The zero-order valence-electron chi connectivity index (χ0n) is 14.8. The molecule has 1 aromatic heterocycles. The number of fused-ring (bicyclic) bond motifs is 1. The fraction of sp³-hybridized carbons (Fsp3) is 0.706. The van der Waals surface area contributed by atoms with Crippen molar-refractivity contribution in [1.82, 2.24) is 20.2 Å². The number of aliphatic hydroxyl groups excluding tert-OH is 1. The monoisotopic (exact) mass is 349 g/mol. The topological polar surface area (TPSA) is 90.8 Å². The number of anilines is 1. The van der Waals surface area contributed by atoms with Gasteiger partial charge in [-0.05, 0) is 6.42 Å². The molecule has 1 fully saturated rings. The largest absolute Gasteiger partial charge is 0.449 e. The molecule has 0 spiro atoms. The molecule has 1 saturated heterocycles. The van der Waals surface area contributed by atoms with Crippen LogP contribution in [0.25, 0.3) is 0 Å². The van der Waals surface area contributed by atoms with Gasteiger partial charge in [0.2, 0.25) is 5.95 Å². The van der Waals surface area contributed by atoms with Gasteiger partial charge < -0.3 is 25.0 Å². The van der Waals surface area contributed by atoms with E-state index >= 15 is 0 Å². The molecule has 0 saturated carbocycles. The summed E-state index contributed by atoms with van der Waals surface area (Å²) in [6.07, 6.45) is 4.18. The van der Waals surface area contributed by atoms with E-state index in [1.165, 1.54) is 0 Å². The van der Waals surface area contributed by atoms with Gasteiger partial charge >= 0.3 is 6.09 Å². The fourth-order valence-electron chi connectivity index (χ4n) is 3.14. The van der Waals surface area contributed by atoms with Gasteiger partial charge in [-0.15, -0.1) is 0 Å². The van der Waals surface area contributed by atoms with Crippen LogP contribution in [-0.4, -0.2) is 71.5 Å². The van der Waals surface area contributed by atoms with E-state index in [0.29, 0.717) is 38.6 Å². The van der Waals surface area contributed by atoms with Crippen LogP contribution in [0.5, 0.6) is 0 Å². The number of aromatic nitrogens is 2. The molecule has 8 nitrogen and oxygen atoms in total. The highest BCUT2D eigenvalue weighted by molar-refractivity contribution is 5.68. The van der Waals surface area contributed by atoms with Gasteiger partial charge in [-0.2, -0.15) is 0 Å². The van der Waals surface area contributed by atoms with Gasteiger partial charge in [-0.1, -0.05) is 13.3 Å². The maximum absolute atomic E-state index is 12.1. The fourth-order valence-corrected chi connectivity index (χ4v) is 3.14. The number of nitrogens with zero attached hydrogens (tertiary/aromatic N) is 4. The van der Waals surface area contributed by atoms with Crippen LogP contribution in [0.4, 0.5) is 10.7 Å². The molecular formula is C17H27N5O3. The van der Waals surface area contributed by atoms with Gasteiger partial charge in [-0.3, -0.25) is 0 Å². The molecule has 1 aromatic rings. The van der Waals surface area contributed by atoms with E-state index in [2.05, 4.69) is 22.1 Å². The van der Waals surface area contributed by atoms with Gasteiger partial charge in [0.05, 0.1) is 25.5 Å². The van der Waals surface area contributed by atoms with Crippen molar-refractivity contribution in [3.63, 3.8) is 0 Å². The average Bonchev–Trinajstić information content (AvgIpc) is 2.67. The molecular weight excluding hydrogens is 322 g/mol. The summed E-state index contributed by atoms with van der Waals surface area (Å²) in [5, 5.41) is 12.6. The second-order valence-corrected chi connectivity index (χ2v) is 6.56. The molecule has 0 aromatic carbocycles. The van der Waals surface area contributed by atoms with Crippen LogP contribution in [0.3, 0.4) is 0 Å². The zero-order valence-corrected chi connectivity index (χ0v) is 14.8. The lowest BCUT2D eigenvalue weighted by atomic mass is 10.1. The molecule has 8 heteroatoms. The van der Waals surface area contributed by atoms with E-state index in [9.17, 15) is 9.90 Å². The van der Waals surface area contributed by atoms with Crippen LogP contribution in [-0.2, 0) is 17.7 Å². The van der Waals surface area contributed by atoms with Crippen molar-refractivity contribution in [2.24, 2.45) is 0 Å². The van der Waals surface area contributed by atoms with Crippen molar-refractivity contribution >= 4 is 12.0 Å². The van der Waals surface area contributed by atoms with Crippen LogP contribution in [0.1, 0.15) is 31.0 Å². The molecule has 1 atom stereocenters. The molecule has 3 rings (SSSR count). The second kappa shape index (κ2) is 8.44. The first-order valence-corrected chi connectivity index (χ1v) is 9.07. The third-order valence-electron chi connectivity index (χ3n) is 4.66. The average molecular weight is 349 g/mol. The van der Waals surface area contributed by atoms with Crippen molar-refractivity contribution in [2.75, 3.05) is 44.3 Å². The highest BCUT2D eigenvalue weighted by Gasteiger charge is 2.25. The van der Waals surface area contributed by atoms with Gasteiger partial charge in [0, 0.05) is 50.4 Å². The van der Waals surface area contributed by atoms with Crippen molar-refractivity contribution in [3.05, 3.63) is 17.5 Å². The SMILES string of the molecule is CCCCOC(=O)N1CCc2nc(N3CCN[C@@H](CO)C3)ncc2C1. The first-order chi connectivity index (χ1) is 12.2. The summed E-state index contributed by atoms with van der Waals surface area (Å²) in [5.41, 5.74) is 1.98. The summed E-state index contributed by atoms with van der Waals surface area (Å²) in [4.78, 5) is 25.1. The van der Waals surface area contributed by atoms with E-state index < -0.39 is 0 Å². The normalized spacial score (nSPS) is 20.3. The standard InChI is InChI=1S/C17H27N5O3/c1-2-3-8-25-17(24)22-6-4-15-13(10-22)9-19-16(20-15)21-7-5-18-14(11-21)12-23/h9,14,18,23H,2-8,10-12H2,1H3/t14-/m1/s1. The summed E-state index contributed by atoms with van der Waals surface area (Å²) in [6, 6.07) is 0.0572. The van der Waals surface area contributed by atoms with E-state index in [-0.39, 0.29) is 18.7 Å². The maximum atomic E-state index is 12.1. The van der Waals surface area contributed by atoms with Gasteiger partial charge in [0.15, 0.2) is 0 Å². The predicted octanol–water partition coefficient (Wildman–Crippen LogP) is 0.542. The van der Waals surface area contributed by atoms with Crippen molar-refractivity contribution < 1.29 is 14.6 Å². The molecule has 2 aliphatic heterocycles. The Morgan fingerprint density at radius 3 is 3.16 bits per heavy atom. The molecule has 1 amide bonds. The number of aliphatic hydroxyl groups is 1. The first kappa shape index (κ1) is 17.9. The number of hydrogen-bond acceptors (Lipinski definition) is 7. The minimum Gasteiger partial charge on any atom is -0.449 e. The molecule has 138 valence electrons. The zero-order chi connectivity index (χ0) is 17.6. The summed E-state index contributed by atoms with van der Waals surface area (Å²) in [6.45, 7) is 6.11. The molecule has 3 heterocycles. The number of amides is 1. The Bertz CT molecular complexity index is 598. The van der Waals surface area contributed by atoms with E-state index in [1.807, 2.05) is 6.20 Å². The number of piperazine rings is 1. The molecule has 0 aliphatic carbocycles. The summed E-state index contributed by atoms with van der Waals surface area (Å²) >= 11 is 0. The van der Waals surface area contributed by atoms with E-state index in [1.54, 1.807) is 4.90 Å². The molecule has 0 radical (unpaired) electrons. The Morgan fingerprint density at radius 2 is 2.36 bits per heavy atom. The van der Waals surface area contributed by atoms with E-state index in [0.717, 1.165) is 37.2 Å². The quantitative estimate of drug-likeness (QED) is 0.750. The van der Waals surface area contributed by atoms with Crippen LogP contribution < -0.4 is 10.2 Å². The molecule has 0 unspecified atom stereocenters. The molecule has 0 bridgehead atoms. The number of ether oxygens (including phenoxy) is 1. The number of hydrogen-bond donors (Lipinski definition) is 2. The third kappa shape index (κ3) is 4.38. The highest BCUT2D eigenvalue weighted by atomic mass is 16.6. The Morgan fingerprint density at radius 1 is 1.48 bits per heavy atom. The molecule has 2 aliphatic rings. The van der Waals surface area contributed by atoms with Gasteiger partial charge in [0.1, 0.15) is 0 Å². The smallest absolute Gasteiger partial charge is 0.410 e. The molecule has 2 N–H and O–H groups in total. The minimum atomic E-state index is -0.254. The number of unbranched alkanes of at least 4 members (excludes halogenated alkanes) is 1. The summed E-state index contributed by atoms with van der Waals surface area (Å²) in [5.74, 6) is 0.706. The number of carbonyl (C=O) groups is 1. The van der Waals surface area contributed by atoms with Crippen LogP contribution in [0.15, 0.2) is 6.20 Å². The highest BCUT2D eigenvalue weighted by Crippen LogP contribution is 2.20. The van der Waals surface area contributed by atoms with Crippen molar-refractivity contribution in [2.45, 2.75) is 38.8 Å². The predicted molar refractivity (Wildman–Crippen MR) is 93.5 cm³/mol. The Balaban J connectivity index is 1.62. The lowest BCUT2D eigenvalue weighted by Gasteiger charge is -2.33.